The summed E-state index contributed by atoms with van der Waals surface area (Å²) in [4.78, 5) is 3.69. The van der Waals surface area contributed by atoms with Crippen molar-refractivity contribution in [2.24, 2.45) is 0 Å². The normalized spacial score (nSPS) is 41.1. The van der Waals surface area contributed by atoms with E-state index in [0.717, 1.165) is 37.0 Å². The molecule has 2 bridgehead atoms. The second-order valence-corrected chi connectivity index (χ2v) is 7.52. The summed E-state index contributed by atoms with van der Waals surface area (Å²) in [7, 11) is 0. The molecule has 22 heavy (non-hydrogen) atoms. The van der Waals surface area contributed by atoms with E-state index in [-0.39, 0.29) is 5.54 Å². The molecule has 2 fully saturated rings. The molecule has 0 aliphatic carbocycles. The van der Waals surface area contributed by atoms with Crippen LogP contribution in [0.15, 0.2) is 35.9 Å². The van der Waals surface area contributed by atoms with Crippen LogP contribution in [-0.4, -0.2) is 39.8 Å². The van der Waals surface area contributed by atoms with Gasteiger partial charge in [-0.1, -0.05) is 24.3 Å². The number of aliphatic hydroxyl groups is 1. The Labute approximate surface area is 130 Å². The lowest BCUT2D eigenvalue weighted by Crippen LogP contribution is -2.61. The zero-order valence-electron chi connectivity index (χ0n) is 13.3. The first-order valence-corrected chi connectivity index (χ1v) is 8.40. The van der Waals surface area contributed by atoms with Crippen LogP contribution in [0.25, 0.3) is 10.9 Å². The average Bonchev–Trinajstić information content (AvgIpc) is 3.08. The second-order valence-electron chi connectivity index (χ2n) is 7.52. The Kier molecular flexibility index (Phi) is 2.15. The van der Waals surface area contributed by atoms with E-state index in [0.29, 0.717) is 0 Å². The van der Waals surface area contributed by atoms with E-state index < -0.39 is 5.60 Å². The number of rotatable bonds is 0. The minimum atomic E-state index is -0.683. The smallest absolute Gasteiger partial charge is 0.171 e. The first-order chi connectivity index (χ1) is 10.6. The highest BCUT2D eigenvalue weighted by Gasteiger charge is 2.75. The van der Waals surface area contributed by atoms with Gasteiger partial charge < -0.3 is 14.6 Å². The Balaban J connectivity index is 1.86. The maximum atomic E-state index is 11.6. The molecule has 1 aromatic heterocycles. The fourth-order valence-corrected chi connectivity index (χ4v) is 5.79. The quantitative estimate of drug-likeness (QED) is 0.569. The van der Waals surface area contributed by atoms with Crippen molar-refractivity contribution in [1.29, 1.82) is 0 Å². The number of aromatic amines is 1. The maximum Gasteiger partial charge on any atom is 0.171 e. The first-order valence-electron chi connectivity index (χ1n) is 8.40. The summed E-state index contributed by atoms with van der Waals surface area (Å²) < 4.78 is 1.03. The minimum Gasteiger partial charge on any atom is -0.378 e. The van der Waals surface area contributed by atoms with E-state index in [4.69, 9.17) is 0 Å². The first kappa shape index (κ1) is 12.9. The number of fused-ring (bicyclic) bond motifs is 3. The van der Waals surface area contributed by atoms with Gasteiger partial charge in [0.05, 0.1) is 18.8 Å². The van der Waals surface area contributed by atoms with E-state index in [1.807, 2.05) is 0 Å². The second kappa shape index (κ2) is 3.66. The molecular formula is C19H23N2O+. The van der Waals surface area contributed by atoms with Gasteiger partial charge in [-0.2, -0.15) is 0 Å². The fourth-order valence-electron chi connectivity index (χ4n) is 5.79. The molecule has 114 valence electrons. The average molecular weight is 295 g/mol. The van der Waals surface area contributed by atoms with Crippen molar-refractivity contribution in [3.8, 4) is 0 Å². The van der Waals surface area contributed by atoms with Crippen LogP contribution in [0.2, 0.25) is 0 Å². The van der Waals surface area contributed by atoms with Crippen molar-refractivity contribution < 1.29 is 9.59 Å². The molecule has 5 rings (SSSR count). The van der Waals surface area contributed by atoms with Crippen molar-refractivity contribution in [3.63, 3.8) is 0 Å². The number of piperidine rings is 1. The molecule has 3 aliphatic heterocycles. The van der Waals surface area contributed by atoms with Crippen molar-refractivity contribution in [3.05, 3.63) is 47.2 Å². The predicted molar refractivity (Wildman–Crippen MR) is 87.5 cm³/mol. The van der Waals surface area contributed by atoms with E-state index in [9.17, 15) is 5.11 Å². The summed E-state index contributed by atoms with van der Waals surface area (Å²) in [5, 5.41) is 13.0. The number of nitrogens with one attached hydrogen (secondary N) is 1. The summed E-state index contributed by atoms with van der Waals surface area (Å²) in [5.41, 5.74) is 4.28. The lowest BCUT2D eigenvalue weighted by atomic mass is 9.74. The van der Waals surface area contributed by atoms with Crippen molar-refractivity contribution in [1.82, 2.24) is 4.98 Å². The van der Waals surface area contributed by atoms with Crippen LogP contribution >= 0.6 is 0 Å². The third-order valence-corrected chi connectivity index (χ3v) is 7.10. The fraction of sp³-hybridized carbons (Fsp3) is 0.474. The van der Waals surface area contributed by atoms with Crippen LogP contribution in [0.3, 0.4) is 0 Å². The zero-order valence-corrected chi connectivity index (χ0v) is 13.3. The van der Waals surface area contributed by atoms with Gasteiger partial charge in [-0.15, -0.1) is 0 Å². The summed E-state index contributed by atoms with van der Waals surface area (Å²) >= 11 is 0. The molecule has 2 aromatic rings. The molecule has 1 unspecified atom stereocenters. The maximum absolute atomic E-state index is 11.6. The standard InChI is InChI=1S/C19H23N2O/c1-3-13-12-21-10-8-15-14-6-4-5-7-16(14)20-17(15)18(21,2)19(13,22)9-11-21/h3-7,20,22H,8-12H2,1-2H3/q+1/b13-3-/t18-,19-,21?/m0/s1. The number of hydrogen-bond donors (Lipinski definition) is 2. The number of quaternary nitrogens is 1. The molecular weight excluding hydrogens is 272 g/mol. The highest BCUT2D eigenvalue weighted by molar-refractivity contribution is 5.85. The summed E-state index contributed by atoms with van der Waals surface area (Å²) in [6, 6.07) is 8.59. The van der Waals surface area contributed by atoms with Gasteiger partial charge in [-0.25, -0.2) is 0 Å². The SMILES string of the molecule is C/C=C1/C[N+]23CCc4c([nH]c5ccccc45)[C@@]2(C)[C@]1(O)CC3. The minimum absolute atomic E-state index is 0.221. The van der Waals surface area contributed by atoms with Crippen molar-refractivity contribution in [2.75, 3.05) is 19.6 Å². The molecule has 0 saturated carbocycles. The number of benzene rings is 1. The van der Waals surface area contributed by atoms with E-state index in [1.54, 1.807) is 0 Å². The molecule has 1 aromatic carbocycles. The topological polar surface area (TPSA) is 36.0 Å². The van der Waals surface area contributed by atoms with Gasteiger partial charge in [-0.05, 0) is 25.5 Å². The van der Waals surface area contributed by atoms with Crippen LogP contribution in [-0.2, 0) is 12.0 Å². The predicted octanol–water partition coefficient (Wildman–Crippen LogP) is 2.85. The van der Waals surface area contributed by atoms with E-state index in [1.165, 1.54) is 27.7 Å². The molecule has 3 aliphatic rings. The van der Waals surface area contributed by atoms with Gasteiger partial charge in [0.2, 0.25) is 0 Å². The summed E-state index contributed by atoms with van der Waals surface area (Å²) in [6.45, 7) is 7.63. The number of para-hydroxylation sites is 1. The summed E-state index contributed by atoms with van der Waals surface area (Å²) in [5.74, 6) is 0. The van der Waals surface area contributed by atoms with E-state index in [2.05, 4.69) is 49.2 Å². The van der Waals surface area contributed by atoms with Crippen LogP contribution in [0.5, 0.6) is 0 Å². The Morgan fingerprint density at radius 1 is 1.27 bits per heavy atom. The third kappa shape index (κ3) is 1.10. The Morgan fingerprint density at radius 2 is 2.09 bits per heavy atom. The molecule has 2 N–H and O–H groups in total. The number of allylic oxidation sites excluding steroid dienone is 1. The van der Waals surface area contributed by atoms with Gasteiger partial charge >= 0.3 is 0 Å². The van der Waals surface area contributed by atoms with Crippen LogP contribution in [0.1, 0.15) is 31.5 Å². The lowest BCUT2D eigenvalue weighted by Gasteiger charge is -2.47. The van der Waals surface area contributed by atoms with Gasteiger partial charge in [0.25, 0.3) is 0 Å². The highest BCUT2D eigenvalue weighted by Crippen LogP contribution is 2.62. The summed E-state index contributed by atoms with van der Waals surface area (Å²) in [6.07, 6.45) is 4.16. The molecule has 0 amide bonds. The molecule has 4 heterocycles. The number of nitrogens with zero attached hydrogens (tertiary/aromatic N) is 1. The number of aromatic nitrogens is 1. The monoisotopic (exact) mass is 295 g/mol. The van der Waals surface area contributed by atoms with Gasteiger partial charge in [0.15, 0.2) is 11.1 Å². The molecule has 0 radical (unpaired) electrons. The molecule has 0 spiro atoms. The number of H-pyrrole nitrogens is 1. The van der Waals surface area contributed by atoms with Crippen LogP contribution in [0.4, 0.5) is 0 Å². The van der Waals surface area contributed by atoms with Crippen LogP contribution < -0.4 is 0 Å². The Morgan fingerprint density at radius 3 is 2.91 bits per heavy atom. The Hall–Kier alpha value is -1.58. The van der Waals surface area contributed by atoms with E-state index >= 15 is 0 Å². The molecule has 3 nitrogen and oxygen atoms in total. The molecule has 3 atom stereocenters. The molecule has 3 heteroatoms. The van der Waals surface area contributed by atoms with Crippen molar-refractivity contribution >= 4 is 10.9 Å². The van der Waals surface area contributed by atoms with Gasteiger partial charge in [0.1, 0.15) is 6.54 Å². The highest BCUT2D eigenvalue weighted by atomic mass is 16.3. The Bertz CT molecular complexity index is 835. The lowest BCUT2D eigenvalue weighted by molar-refractivity contribution is -0.962. The van der Waals surface area contributed by atoms with Crippen LogP contribution in [0, 0.1) is 0 Å². The molecule has 2 saturated heterocycles. The van der Waals surface area contributed by atoms with Gasteiger partial charge in [0, 0.05) is 29.3 Å². The number of hydrogen-bond acceptors (Lipinski definition) is 1. The van der Waals surface area contributed by atoms with Crippen molar-refractivity contribution in [2.45, 2.75) is 37.8 Å². The zero-order chi connectivity index (χ0) is 15.2. The van der Waals surface area contributed by atoms with Gasteiger partial charge in [-0.3, -0.25) is 0 Å². The third-order valence-electron chi connectivity index (χ3n) is 7.10. The largest absolute Gasteiger partial charge is 0.378 e.